The van der Waals surface area contributed by atoms with Crippen LogP contribution in [-0.4, -0.2) is 71.9 Å². The molecule has 13 heteroatoms. The average molecular weight is 609 g/mol. The van der Waals surface area contributed by atoms with E-state index in [1.165, 1.54) is 0 Å². The number of hydrogen-bond donors (Lipinski definition) is 0. The fourth-order valence-electron chi connectivity index (χ4n) is 5.41. The normalized spacial score (nSPS) is 24.6. The molecule has 0 aliphatic carbocycles. The number of ether oxygens (including phenoxy) is 4. The highest BCUT2D eigenvalue weighted by molar-refractivity contribution is 7.53. The average Bonchev–Trinajstić information content (AvgIpc) is 3.59. The molecule has 2 saturated heterocycles. The van der Waals surface area contributed by atoms with Gasteiger partial charge in [-0.3, -0.25) is 4.57 Å². The molecular formula is C28H38ClN4O7P. The van der Waals surface area contributed by atoms with Gasteiger partial charge in [-0.25, -0.2) is 0 Å². The minimum Gasteiger partial charge on any atom is -0.366 e. The van der Waals surface area contributed by atoms with Crippen LogP contribution in [0.3, 0.4) is 0 Å². The Morgan fingerprint density at radius 2 is 1.78 bits per heavy atom. The van der Waals surface area contributed by atoms with Gasteiger partial charge in [-0.15, -0.1) is 0 Å². The highest BCUT2D eigenvalue weighted by atomic mass is 35.5. The van der Waals surface area contributed by atoms with Crippen molar-refractivity contribution in [2.45, 2.75) is 71.0 Å². The molecule has 5 rings (SSSR count). The molecule has 5 atom stereocenters. The lowest BCUT2D eigenvalue weighted by Gasteiger charge is -2.27. The number of halogens is 1. The van der Waals surface area contributed by atoms with Crippen LogP contribution in [-0.2, 0) is 32.6 Å². The van der Waals surface area contributed by atoms with E-state index in [0.717, 1.165) is 10.9 Å². The van der Waals surface area contributed by atoms with E-state index in [0.29, 0.717) is 11.5 Å². The van der Waals surface area contributed by atoms with Crippen molar-refractivity contribution in [1.82, 2.24) is 14.5 Å². The largest absolute Gasteiger partial charge is 0.366 e. The summed E-state index contributed by atoms with van der Waals surface area (Å²) in [5.41, 5.74) is 1.77. The predicted molar refractivity (Wildman–Crippen MR) is 155 cm³/mol. The maximum atomic E-state index is 12.9. The second kappa shape index (κ2) is 12.3. The molecule has 4 heterocycles. The van der Waals surface area contributed by atoms with Crippen LogP contribution in [0.4, 0.5) is 5.82 Å². The van der Waals surface area contributed by atoms with Crippen molar-refractivity contribution < 1.29 is 32.6 Å². The van der Waals surface area contributed by atoms with Crippen LogP contribution in [0.25, 0.3) is 11.0 Å². The topological polar surface area (TPSA) is 106 Å². The van der Waals surface area contributed by atoms with Gasteiger partial charge in [-0.05, 0) is 57.8 Å². The van der Waals surface area contributed by atoms with Crippen LogP contribution < -0.4 is 4.90 Å². The molecule has 1 aromatic carbocycles. The zero-order valence-electron chi connectivity index (χ0n) is 24.2. The van der Waals surface area contributed by atoms with Crippen LogP contribution in [0.2, 0.25) is 5.28 Å². The van der Waals surface area contributed by atoms with Gasteiger partial charge in [0.1, 0.15) is 36.1 Å². The third-order valence-electron chi connectivity index (χ3n) is 7.30. The molecule has 0 N–H and O–H groups in total. The summed E-state index contributed by atoms with van der Waals surface area (Å²) in [5, 5.41) is 0.951. The van der Waals surface area contributed by atoms with Crippen LogP contribution in [0, 0.1) is 0 Å². The first-order chi connectivity index (χ1) is 19.6. The van der Waals surface area contributed by atoms with Gasteiger partial charge in [0.2, 0.25) is 5.28 Å². The van der Waals surface area contributed by atoms with Crippen molar-refractivity contribution in [3.63, 3.8) is 0 Å². The predicted octanol–water partition coefficient (Wildman–Crippen LogP) is 5.94. The van der Waals surface area contributed by atoms with Crippen molar-refractivity contribution in [3.8, 4) is 0 Å². The standard InChI is InChI=1S/C28H38ClN4O7P/c1-7-36-41(34,37-8-2)17-35-16-21-22-23(40-28(4,5)39-22)26(38-21)33-15-14-20-24(30-27(29)31-25(20)33)32(6)18(3)19-12-10-9-11-13-19/h9-15,18,21-23,26H,7-8,16-17H2,1-6H3/t18-,21-,22-,23-,26-/m1/s1. The molecular weight excluding hydrogens is 571 g/mol. The number of aromatic nitrogens is 3. The van der Waals surface area contributed by atoms with Crippen molar-refractivity contribution in [3.05, 3.63) is 53.4 Å². The zero-order valence-corrected chi connectivity index (χ0v) is 25.9. The lowest BCUT2D eigenvalue weighted by molar-refractivity contribution is -0.201. The minimum absolute atomic E-state index is 0.0408. The first-order valence-electron chi connectivity index (χ1n) is 13.8. The molecule has 224 valence electrons. The maximum absolute atomic E-state index is 12.9. The summed E-state index contributed by atoms with van der Waals surface area (Å²) in [6.07, 6.45) is -0.238. The monoisotopic (exact) mass is 608 g/mol. The third-order valence-corrected chi connectivity index (χ3v) is 9.28. The molecule has 41 heavy (non-hydrogen) atoms. The van der Waals surface area contributed by atoms with Gasteiger partial charge >= 0.3 is 7.60 Å². The Morgan fingerprint density at radius 3 is 2.46 bits per heavy atom. The SMILES string of the molecule is CCOP(=O)(COC[C@H]1O[C@@H](n2ccc3c(N(C)[C@H](C)c4ccccc4)nc(Cl)nc32)[C@@H]2OC(C)(C)O[C@@H]21)OCC. The maximum Gasteiger partial charge on any atom is 0.356 e. The molecule has 0 radical (unpaired) electrons. The minimum atomic E-state index is -3.37. The van der Waals surface area contributed by atoms with Gasteiger partial charge in [0.25, 0.3) is 0 Å². The summed E-state index contributed by atoms with van der Waals surface area (Å²) < 4.78 is 50.3. The van der Waals surface area contributed by atoms with E-state index in [-0.39, 0.29) is 37.5 Å². The van der Waals surface area contributed by atoms with Gasteiger partial charge in [0.15, 0.2) is 12.0 Å². The number of anilines is 1. The van der Waals surface area contributed by atoms with Gasteiger partial charge in [-0.2, -0.15) is 9.97 Å². The highest BCUT2D eigenvalue weighted by Gasteiger charge is 2.56. The van der Waals surface area contributed by atoms with E-state index >= 15 is 0 Å². The molecule has 3 aromatic rings. The fourth-order valence-corrected chi connectivity index (χ4v) is 6.91. The fraction of sp³-hybridized carbons (Fsp3) is 0.571. The molecule has 2 aliphatic rings. The molecule has 0 bridgehead atoms. The van der Waals surface area contributed by atoms with Gasteiger partial charge in [0.05, 0.1) is 31.2 Å². The van der Waals surface area contributed by atoms with E-state index in [1.54, 1.807) is 13.8 Å². The van der Waals surface area contributed by atoms with Crippen LogP contribution in [0.15, 0.2) is 42.6 Å². The number of nitrogens with zero attached hydrogens (tertiary/aromatic N) is 4. The third kappa shape index (κ3) is 6.33. The molecule has 0 amide bonds. The quantitative estimate of drug-likeness (QED) is 0.181. The summed E-state index contributed by atoms with van der Waals surface area (Å²) in [6.45, 7) is 9.98. The van der Waals surface area contributed by atoms with Gasteiger partial charge in [0, 0.05) is 13.2 Å². The first kappa shape index (κ1) is 30.4. The summed E-state index contributed by atoms with van der Waals surface area (Å²) >= 11 is 6.47. The zero-order chi connectivity index (χ0) is 29.4. The number of fused-ring (bicyclic) bond motifs is 2. The summed E-state index contributed by atoms with van der Waals surface area (Å²) in [4.78, 5) is 11.2. The molecule has 0 saturated carbocycles. The van der Waals surface area contributed by atoms with Crippen molar-refractivity contribution >= 4 is 36.0 Å². The molecule has 2 aromatic heterocycles. The second-order valence-electron chi connectivity index (χ2n) is 10.6. The summed E-state index contributed by atoms with van der Waals surface area (Å²) in [5.74, 6) is -0.121. The smallest absolute Gasteiger partial charge is 0.356 e. The van der Waals surface area contributed by atoms with E-state index in [1.807, 2.05) is 55.9 Å². The molecule has 0 unspecified atom stereocenters. The van der Waals surface area contributed by atoms with Crippen molar-refractivity contribution in [1.29, 1.82) is 0 Å². The van der Waals surface area contributed by atoms with E-state index in [9.17, 15) is 4.57 Å². The Balaban J connectivity index is 1.41. The van der Waals surface area contributed by atoms with Gasteiger partial charge < -0.3 is 37.5 Å². The van der Waals surface area contributed by atoms with Crippen LogP contribution in [0.5, 0.6) is 0 Å². The van der Waals surface area contributed by atoms with E-state index in [4.69, 9.17) is 39.6 Å². The van der Waals surface area contributed by atoms with Crippen LogP contribution >= 0.6 is 19.2 Å². The second-order valence-corrected chi connectivity index (χ2v) is 12.9. The van der Waals surface area contributed by atoms with Gasteiger partial charge in [-0.1, -0.05) is 30.3 Å². The van der Waals surface area contributed by atoms with Crippen molar-refractivity contribution in [2.75, 3.05) is 38.1 Å². The highest BCUT2D eigenvalue weighted by Crippen LogP contribution is 2.49. The lowest BCUT2D eigenvalue weighted by Crippen LogP contribution is -2.33. The molecule has 11 nitrogen and oxygen atoms in total. The Bertz CT molecular complexity index is 1380. The Morgan fingerprint density at radius 1 is 1.10 bits per heavy atom. The summed E-state index contributed by atoms with van der Waals surface area (Å²) in [6, 6.07) is 12.2. The molecule has 2 aliphatic heterocycles. The van der Waals surface area contributed by atoms with E-state index in [2.05, 4.69) is 33.9 Å². The van der Waals surface area contributed by atoms with E-state index < -0.39 is 37.9 Å². The number of rotatable bonds is 12. The number of benzene rings is 1. The van der Waals surface area contributed by atoms with Crippen molar-refractivity contribution in [2.24, 2.45) is 0 Å². The lowest BCUT2D eigenvalue weighted by atomic mass is 10.1. The first-order valence-corrected chi connectivity index (χ1v) is 15.9. The molecule has 2 fully saturated rings. The Hall–Kier alpha value is -2.08. The van der Waals surface area contributed by atoms with Crippen LogP contribution in [0.1, 0.15) is 52.5 Å². The Kier molecular flexibility index (Phi) is 9.09. The number of hydrogen-bond acceptors (Lipinski definition) is 10. The Labute approximate surface area is 245 Å². The molecule has 0 spiro atoms. The summed E-state index contributed by atoms with van der Waals surface area (Å²) in [7, 11) is -1.38.